The Morgan fingerprint density at radius 3 is 2.67 bits per heavy atom. The van der Waals surface area contributed by atoms with Crippen LogP contribution < -0.4 is 15.8 Å². The van der Waals surface area contributed by atoms with Gasteiger partial charge in [-0.1, -0.05) is 6.07 Å². The van der Waals surface area contributed by atoms with Crippen molar-refractivity contribution in [1.29, 1.82) is 0 Å². The molecule has 1 aromatic heterocycles. The molecule has 0 bridgehead atoms. The van der Waals surface area contributed by atoms with E-state index in [1.54, 1.807) is 12.3 Å². The Hall–Kier alpha value is -2.56. The quantitative estimate of drug-likeness (QED) is 0.798. The van der Waals surface area contributed by atoms with Crippen LogP contribution in [-0.4, -0.2) is 24.0 Å². The lowest BCUT2D eigenvalue weighted by Crippen LogP contribution is -2.17. The predicted molar refractivity (Wildman–Crippen MR) is 82.7 cm³/mol. The Morgan fingerprint density at radius 1 is 1.29 bits per heavy atom. The number of nitrogens with one attached hydrogen (secondary N) is 1. The summed E-state index contributed by atoms with van der Waals surface area (Å²) in [5.41, 5.74) is 8.68. The Bertz CT molecular complexity index is 621. The van der Waals surface area contributed by atoms with Crippen LogP contribution in [0.25, 0.3) is 0 Å². The summed E-state index contributed by atoms with van der Waals surface area (Å²) in [6.07, 6.45) is 3.06. The van der Waals surface area contributed by atoms with Gasteiger partial charge in [-0.15, -0.1) is 0 Å². The van der Waals surface area contributed by atoms with Crippen LogP contribution in [0.15, 0.2) is 36.7 Å². The second-order valence-corrected chi connectivity index (χ2v) is 4.88. The molecule has 1 aromatic carbocycles. The highest BCUT2D eigenvalue weighted by Crippen LogP contribution is 2.16. The van der Waals surface area contributed by atoms with Crippen molar-refractivity contribution in [2.24, 2.45) is 5.73 Å². The maximum atomic E-state index is 11.3. The molecule has 0 fully saturated rings. The van der Waals surface area contributed by atoms with E-state index in [0.717, 1.165) is 5.75 Å². The van der Waals surface area contributed by atoms with Crippen molar-refractivity contribution in [2.45, 2.75) is 13.8 Å². The fourth-order valence-corrected chi connectivity index (χ4v) is 2.12. The number of carbonyl (C=O) groups excluding carboxylic acids is 1. The minimum Gasteiger partial charge on any atom is -0.492 e. The summed E-state index contributed by atoms with van der Waals surface area (Å²) in [6, 6.07) is 7.81. The summed E-state index contributed by atoms with van der Waals surface area (Å²) < 4.78 is 5.70. The van der Waals surface area contributed by atoms with Crippen molar-refractivity contribution in [1.82, 2.24) is 4.98 Å². The minimum absolute atomic E-state index is 0.379. The maximum Gasteiger partial charge on any atom is 0.252 e. The Labute approximate surface area is 124 Å². The third-order valence-corrected chi connectivity index (χ3v) is 2.97. The molecule has 5 heteroatoms. The normalized spacial score (nSPS) is 10.2. The van der Waals surface area contributed by atoms with Crippen LogP contribution in [0.4, 0.5) is 5.69 Å². The summed E-state index contributed by atoms with van der Waals surface area (Å²) >= 11 is 0. The Kier molecular flexibility index (Phi) is 4.77. The molecule has 5 nitrogen and oxygen atoms in total. The SMILES string of the molecule is Cc1cc(C)cc(OCCNc2ccncc2C(N)=O)c1. The minimum atomic E-state index is -0.499. The number of hydrogen-bond acceptors (Lipinski definition) is 4. The average Bonchev–Trinajstić information content (AvgIpc) is 2.43. The van der Waals surface area contributed by atoms with Gasteiger partial charge in [-0.3, -0.25) is 9.78 Å². The van der Waals surface area contributed by atoms with Gasteiger partial charge in [0, 0.05) is 18.9 Å². The zero-order chi connectivity index (χ0) is 15.2. The van der Waals surface area contributed by atoms with E-state index in [4.69, 9.17) is 10.5 Å². The molecule has 0 saturated carbocycles. The number of primary amides is 1. The highest BCUT2D eigenvalue weighted by molar-refractivity contribution is 5.98. The first-order valence-electron chi connectivity index (χ1n) is 6.75. The molecule has 2 rings (SSSR count). The lowest BCUT2D eigenvalue weighted by molar-refractivity contribution is 0.100. The van der Waals surface area contributed by atoms with E-state index >= 15 is 0 Å². The largest absolute Gasteiger partial charge is 0.492 e. The van der Waals surface area contributed by atoms with Gasteiger partial charge in [-0.2, -0.15) is 0 Å². The van der Waals surface area contributed by atoms with Gasteiger partial charge in [0.2, 0.25) is 0 Å². The van der Waals surface area contributed by atoms with Gasteiger partial charge in [0.25, 0.3) is 5.91 Å². The molecular formula is C16H19N3O2. The van der Waals surface area contributed by atoms with Gasteiger partial charge >= 0.3 is 0 Å². The maximum absolute atomic E-state index is 11.3. The fourth-order valence-electron chi connectivity index (χ4n) is 2.12. The molecule has 3 N–H and O–H groups in total. The number of hydrogen-bond donors (Lipinski definition) is 2. The van der Waals surface area contributed by atoms with Gasteiger partial charge < -0.3 is 15.8 Å². The first-order chi connectivity index (χ1) is 10.1. The van der Waals surface area contributed by atoms with Crippen molar-refractivity contribution in [3.05, 3.63) is 53.3 Å². The van der Waals surface area contributed by atoms with E-state index in [1.165, 1.54) is 17.3 Å². The molecule has 1 amide bonds. The molecule has 0 spiro atoms. The molecular weight excluding hydrogens is 266 g/mol. The number of aromatic nitrogens is 1. The van der Waals surface area contributed by atoms with E-state index in [-0.39, 0.29) is 0 Å². The molecule has 21 heavy (non-hydrogen) atoms. The summed E-state index contributed by atoms with van der Waals surface area (Å²) in [7, 11) is 0. The zero-order valence-electron chi connectivity index (χ0n) is 12.2. The molecule has 0 unspecified atom stereocenters. The van der Waals surface area contributed by atoms with E-state index in [1.807, 2.05) is 26.0 Å². The first kappa shape index (κ1) is 14.8. The topological polar surface area (TPSA) is 77.2 Å². The molecule has 2 aromatic rings. The number of amides is 1. The van der Waals surface area contributed by atoms with Crippen LogP contribution in [0, 0.1) is 13.8 Å². The molecule has 0 saturated heterocycles. The molecule has 1 heterocycles. The van der Waals surface area contributed by atoms with E-state index in [9.17, 15) is 4.79 Å². The molecule has 0 aliphatic heterocycles. The van der Waals surface area contributed by atoms with Crippen molar-refractivity contribution in [3.8, 4) is 5.75 Å². The van der Waals surface area contributed by atoms with Crippen molar-refractivity contribution < 1.29 is 9.53 Å². The van der Waals surface area contributed by atoms with Crippen LogP contribution in [-0.2, 0) is 0 Å². The van der Waals surface area contributed by atoms with Crippen LogP contribution in [0.2, 0.25) is 0 Å². The first-order valence-corrected chi connectivity index (χ1v) is 6.75. The second kappa shape index (κ2) is 6.74. The lowest BCUT2D eigenvalue weighted by atomic mass is 10.1. The Morgan fingerprint density at radius 2 is 2.00 bits per heavy atom. The smallest absolute Gasteiger partial charge is 0.252 e. The number of rotatable bonds is 6. The van der Waals surface area contributed by atoms with Crippen molar-refractivity contribution in [3.63, 3.8) is 0 Å². The van der Waals surface area contributed by atoms with Gasteiger partial charge in [-0.25, -0.2) is 0 Å². The van der Waals surface area contributed by atoms with Crippen LogP contribution in [0.3, 0.4) is 0 Å². The Balaban J connectivity index is 1.89. The summed E-state index contributed by atoms with van der Waals surface area (Å²) in [5, 5.41) is 3.13. The monoisotopic (exact) mass is 285 g/mol. The van der Waals surface area contributed by atoms with E-state index in [2.05, 4.69) is 16.4 Å². The number of nitrogens with zero attached hydrogens (tertiary/aromatic N) is 1. The van der Waals surface area contributed by atoms with E-state index in [0.29, 0.717) is 24.4 Å². The highest BCUT2D eigenvalue weighted by atomic mass is 16.5. The van der Waals surface area contributed by atoms with E-state index < -0.39 is 5.91 Å². The second-order valence-electron chi connectivity index (χ2n) is 4.88. The van der Waals surface area contributed by atoms with Crippen LogP contribution in [0.1, 0.15) is 21.5 Å². The highest BCUT2D eigenvalue weighted by Gasteiger charge is 2.07. The number of pyridine rings is 1. The fraction of sp³-hybridized carbons (Fsp3) is 0.250. The summed E-state index contributed by atoms with van der Waals surface area (Å²) in [5.74, 6) is 0.347. The van der Waals surface area contributed by atoms with Gasteiger partial charge in [-0.05, 0) is 43.2 Å². The summed E-state index contributed by atoms with van der Waals surface area (Å²) in [4.78, 5) is 15.2. The number of ether oxygens (including phenoxy) is 1. The third-order valence-electron chi connectivity index (χ3n) is 2.97. The molecule has 0 aliphatic rings. The van der Waals surface area contributed by atoms with Gasteiger partial charge in [0.05, 0.1) is 11.3 Å². The number of benzene rings is 1. The van der Waals surface area contributed by atoms with Gasteiger partial charge in [0.1, 0.15) is 12.4 Å². The average molecular weight is 285 g/mol. The van der Waals surface area contributed by atoms with Gasteiger partial charge in [0.15, 0.2) is 0 Å². The van der Waals surface area contributed by atoms with Crippen LogP contribution in [0.5, 0.6) is 5.75 Å². The number of carbonyl (C=O) groups is 1. The predicted octanol–water partition coefficient (Wildman–Crippen LogP) is 2.29. The number of anilines is 1. The lowest BCUT2D eigenvalue weighted by Gasteiger charge is -2.11. The molecule has 0 atom stereocenters. The number of aryl methyl sites for hydroxylation is 2. The molecule has 0 aliphatic carbocycles. The zero-order valence-corrected chi connectivity index (χ0v) is 12.2. The standard InChI is InChI=1S/C16H19N3O2/c1-11-7-12(2)9-13(8-11)21-6-5-19-15-3-4-18-10-14(15)16(17)20/h3-4,7-10H,5-6H2,1-2H3,(H2,17,20)(H,18,19). The van der Waals surface area contributed by atoms with Crippen molar-refractivity contribution >= 4 is 11.6 Å². The summed E-state index contributed by atoms with van der Waals surface area (Å²) in [6.45, 7) is 5.13. The third kappa shape index (κ3) is 4.21. The number of nitrogens with two attached hydrogens (primary N) is 1. The molecule has 110 valence electrons. The molecule has 0 radical (unpaired) electrons. The van der Waals surface area contributed by atoms with Crippen molar-refractivity contribution in [2.75, 3.05) is 18.5 Å². The van der Waals surface area contributed by atoms with Crippen LogP contribution >= 0.6 is 0 Å².